The Morgan fingerprint density at radius 2 is 0.950 bits per heavy atom. The molecule has 0 N–H and O–H groups in total. The van der Waals surface area contributed by atoms with Crippen LogP contribution in [0.4, 0.5) is 0 Å². The molecule has 120 valence electrons. The minimum absolute atomic E-state index is 0.766. The van der Waals surface area contributed by atoms with Crippen molar-refractivity contribution in [1.82, 2.24) is 9.80 Å². The van der Waals surface area contributed by atoms with E-state index in [9.17, 15) is 0 Å². The average Bonchev–Trinajstić information content (AvgIpc) is 2.33. The van der Waals surface area contributed by atoms with Gasteiger partial charge in [0.1, 0.15) is 8.64 Å². The summed E-state index contributed by atoms with van der Waals surface area (Å²) < 4.78 is 1.67. The summed E-state index contributed by atoms with van der Waals surface area (Å²) in [6.45, 7) is 8.89. The molecule has 0 aromatic heterocycles. The Balaban J connectivity index is 0. The third-order valence-electron chi connectivity index (χ3n) is 1.35. The first-order chi connectivity index (χ1) is 9.07. The van der Waals surface area contributed by atoms with E-state index in [1.807, 2.05) is 59.6 Å². The first kappa shape index (κ1) is 23.4. The smallest absolute Gasteiger partial charge is 0.146 e. The molecule has 0 aromatic rings. The summed E-state index contributed by atoms with van der Waals surface area (Å²) in [6.07, 6.45) is 0. The fourth-order valence-corrected chi connectivity index (χ4v) is 4.60. The Morgan fingerprint density at radius 1 is 0.700 bits per heavy atom. The fraction of sp³-hybridized carbons (Fsp3) is 0.833. The second-order valence-corrected chi connectivity index (χ2v) is 11.6. The van der Waals surface area contributed by atoms with Crippen molar-refractivity contribution in [3.05, 3.63) is 0 Å². The third kappa shape index (κ3) is 17.2. The number of hydrogen-bond donors (Lipinski definition) is 0. The Morgan fingerprint density at radius 3 is 1.10 bits per heavy atom. The fourth-order valence-electron chi connectivity index (χ4n) is 0.443. The monoisotopic (exact) mass is 390 g/mol. The van der Waals surface area contributed by atoms with Crippen molar-refractivity contribution < 1.29 is 0 Å². The Kier molecular flexibility index (Phi) is 16.2. The zero-order chi connectivity index (χ0) is 16.3. The highest BCUT2D eigenvalue weighted by Crippen LogP contribution is 2.29. The van der Waals surface area contributed by atoms with Crippen LogP contribution in [0.5, 0.6) is 0 Å². The van der Waals surface area contributed by atoms with Gasteiger partial charge in [-0.3, -0.25) is 0 Å². The molecule has 0 heterocycles. The summed E-state index contributed by atoms with van der Waals surface area (Å²) in [5.74, 6) is 0. The first-order valence-electron chi connectivity index (χ1n) is 6.17. The van der Waals surface area contributed by atoms with Crippen LogP contribution in [0.1, 0.15) is 27.7 Å². The molecule has 0 aliphatic heterocycles. The van der Waals surface area contributed by atoms with Crippen molar-refractivity contribution in [3.8, 4) is 0 Å². The van der Waals surface area contributed by atoms with E-state index in [4.69, 9.17) is 24.4 Å². The first-order valence-corrected chi connectivity index (χ1v) is 11.4. The van der Waals surface area contributed by atoms with E-state index in [-0.39, 0.29) is 0 Å². The molecule has 0 aliphatic rings. The van der Waals surface area contributed by atoms with E-state index in [1.54, 1.807) is 0 Å². The molecule has 0 aliphatic carbocycles. The molecular formula is C12H26N2S6. The van der Waals surface area contributed by atoms with Crippen LogP contribution < -0.4 is 0 Å². The van der Waals surface area contributed by atoms with Gasteiger partial charge in [0.25, 0.3) is 0 Å². The summed E-state index contributed by atoms with van der Waals surface area (Å²) in [4.78, 5) is 3.79. The van der Waals surface area contributed by atoms with Gasteiger partial charge in [-0.25, -0.2) is 0 Å². The van der Waals surface area contributed by atoms with Crippen molar-refractivity contribution in [2.45, 2.75) is 38.2 Å². The number of thiocarbonyl (C=S) groups is 2. The minimum atomic E-state index is 0.766. The van der Waals surface area contributed by atoms with Crippen LogP contribution in [-0.4, -0.2) is 57.1 Å². The number of hydrogen-bond acceptors (Lipinski definition) is 6. The molecule has 0 atom stereocenters. The van der Waals surface area contributed by atoms with Crippen molar-refractivity contribution >= 4 is 76.3 Å². The van der Waals surface area contributed by atoms with Gasteiger partial charge < -0.3 is 9.80 Å². The maximum atomic E-state index is 5.07. The van der Waals surface area contributed by atoms with Gasteiger partial charge in [0.05, 0.1) is 0 Å². The van der Waals surface area contributed by atoms with E-state index < -0.39 is 0 Å². The average molecular weight is 391 g/mol. The maximum absolute atomic E-state index is 5.07. The lowest BCUT2D eigenvalue weighted by molar-refractivity contribution is 0.647. The predicted molar refractivity (Wildman–Crippen MR) is 113 cm³/mol. The van der Waals surface area contributed by atoms with Crippen LogP contribution in [0.3, 0.4) is 0 Å². The molecule has 0 amide bonds. The van der Waals surface area contributed by atoms with Gasteiger partial charge >= 0.3 is 0 Å². The van der Waals surface area contributed by atoms with E-state index in [2.05, 4.69) is 27.7 Å². The van der Waals surface area contributed by atoms with Crippen LogP contribution in [0.15, 0.2) is 0 Å². The van der Waals surface area contributed by atoms with E-state index in [0.29, 0.717) is 0 Å². The van der Waals surface area contributed by atoms with Crippen molar-refractivity contribution in [3.63, 3.8) is 0 Å². The molecule has 20 heavy (non-hydrogen) atoms. The molecular weight excluding hydrogens is 365 g/mol. The Hall–Kier alpha value is 1.18. The molecule has 0 unspecified atom stereocenters. The third-order valence-corrected chi connectivity index (χ3v) is 9.04. The van der Waals surface area contributed by atoms with Crippen LogP contribution in [0, 0.1) is 0 Å². The largest absolute Gasteiger partial charge is 0.363 e. The van der Waals surface area contributed by atoms with Crippen molar-refractivity contribution in [2.75, 3.05) is 28.2 Å². The molecule has 0 spiro atoms. The molecule has 0 radical (unpaired) electrons. The zero-order valence-corrected chi connectivity index (χ0v) is 18.4. The molecule has 2 nitrogen and oxygen atoms in total. The van der Waals surface area contributed by atoms with E-state index in [0.717, 1.165) is 19.1 Å². The standard InChI is InChI=1S/C6H12N2S4.C6H14S2/c1-7(2)5(9)11-12-6(10)8(3)4;1-5(2)7-8-6(3)4/h1-4H3;5-6H,1-4H3. The summed E-state index contributed by atoms with van der Waals surface area (Å²) in [5, 5.41) is 1.53. The van der Waals surface area contributed by atoms with Gasteiger partial charge in [-0.05, 0) is 21.6 Å². The van der Waals surface area contributed by atoms with Gasteiger partial charge in [-0.2, -0.15) is 0 Å². The maximum Gasteiger partial charge on any atom is 0.146 e. The Bertz CT molecular complexity index is 251. The van der Waals surface area contributed by atoms with Crippen LogP contribution in [0.2, 0.25) is 0 Å². The van der Waals surface area contributed by atoms with Gasteiger partial charge in [-0.15, -0.1) is 0 Å². The van der Waals surface area contributed by atoms with Gasteiger partial charge in [0.2, 0.25) is 0 Å². The van der Waals surface area contributed by atoms with Crippen molar-refractivity contribution in [1.29, 1.82) is 0 Å². The van der Waals surface area contributed by atoms with Crippen molar-refractivity contribution in [2.24, 2.45) is 0 Å². The lowest BCUT2D eigenvalue weighted by Crippen LogP contribution is -2.18. The topological polar surface area (TPSA) is 6.48 Å². The quantitative estimate of drug-likeness (QED) is 0.470. The normalized spacial score (nSPS) is 10.1. The van der Waals surface area contributed by atoms with Crippen LogP contribution >= 0.6 is 67.6 Å². The molecule has 0 fully saturated rings. The number of nitrogens with zero attached hydrogens (tertiary/aromatic N) is 2. The minimum Gasteiger partial charge on any atom is -0.363 e. The molecule has 0 rings (SSSR count). The summed E-state index contributed by atoms with van der Waals surface area (Å²) in [6, 6.07) is 0. The summed E-state index contributed by atoms with van der Waals surface area (Å²) >= 11 is 10.1. The predicted octanol–water partition coefficient (Wildman–Crippen LogP) is 5.25. The van der Waals surface area contributed by atoms with E-state index >= 15 is 0 Å². The molecule has 0 aromatic carbocycles. The summed E-state index contributed by atoms with van der Waals surface area (Å²) in [5.41, 5.74) is 0. The van der Waals surface area contributed by atoms with Gasteiger partial charge in [0.15, 0.2) is 0 Å². The SMILES string of the molecule is CC(C)SSC(C)C.CN(C)C(=S)SSC(=S)N(C)C. The highest BCUT2D eigenvalue weighted by Gasteiger charge is 2.05. The van der Waals surface area contributed by atoms with E-state index in [1.165, 1.54) is 21.6 Å². The zero-order valence-electron chi connectivity index (χ0n) is 13.5. The van der Waals surface area contributed by atoms with Crippen LogP contribution in [0.25, 0.3) is 0 Å². The molecule has 8 heteroatoms. The van der Waals surface area contributed by atoms with Gasteiger partial charge in [0, 0.05) is 38.7 Å². The lowest BCUT2D eigenvalue weighted by Gasteiger charge is -2.15. The van der Waals surface area contributed by atoms with Crippen LogP contribution in [-0.2, 0) is 0 Å². The molecule has 0 bridgehead atoms. The molecule has 0 saturated heterocycles. The Labute approximate surface area is 151 Å². The molecule has 0 saturated carbocycles. The second kappa shape index (κ2) is 13.8. The lowest BCUT2D eigenvalue weighted by atomic mass is 10.6. The highest BCUT2D eigenvalue weighted by molar-refractivity contribution is 8.89. The second-order valence-electron chi connectivity index (χ2n) is 4.78. The highest BCUT2D eigenvalue weighted by atomic mass is 33.1. The van der Waals surface area contributed by atoms with Gasteiger partial charge in [-0.1, -0.05) is 73.7 Å². The summed E-state index contributed by atoms with van der Waals surface area (Å²) in [7, 11) is 14.6. The number of rotatable bonds is 3.